The van der Waals surface area contributed by atoms with Crippen LogP contribution in [0.1, 0.15) is 121 Å². The third-order valence-corrected chi connectivity index (χ3v) is 4.42. The Hall–Kier alpha value is -0.261. The van der Waals surface area contributed by atoms with Crippen LogP contribution in [0.25, 0.3) is 0 Å². The van der Waals surface area contributed by atoms with Gasteiger partial charge >= 0.3 is 23.9 Å². The van der Waals surface area contributed by atoms with E-state index in [-0.39, 0.29) is 38.8 Å². The summed E-state index contributed by atoms with van der Waals surface area (Å²) in [5.41, 5.74) is -1.29. The number of rotatable bonds is 12. The zero-order chi connectivity index (χ0) is 19.2. The van der Waals surface area contributed by atoms with Gasteiger partial charge in [0.1, 0.15) is 0 Å². The van der Waals surface area contributed by atoms with Gasteiger partial charge < -0.3 is 19.8 Å². The van der Waals surface area contributed by atoms with Crippen LogP contribution in [0.15, 0.2) is 0 Å². The molecular weight excluding hydrogens is 447 g/mol. The molecule has 0 spiro atoms. The predicted octanol–water partition coefficient (Wildman–Crippen LogP) is 4.36. The standard InChI is InChI=1S/2C10H20O2.2CH4.Sn/c2*1-4-5-6-7-8-10(2,3)9(11)12;;;/h2*4-8H2,1-3H3,(H,11,12);2*1H4;/q;;;;+2/p-2. The van der Waals surface area contributed by atoms with Crippen LogP contribution in [0.3, 0.4) is 0 Å². The smallest absolute Gasteiger partial charge is 0.550 e. The molecule has 0 N–H and O–H groups in total. The van der Waals surface area contributed by atoms with Crippen LogP contribution in [-0.4, -0.2) is 35.8 Å². The van der Waals surface area contributed by atoms with Crippen molar-refractivity contribution < 1.29 is 19.8 Å². The van der Waals surface area contributed by atoms with Gasteiger partial charge in [-0.25, -0.2) is 0 Å². The molecule has 0 rings (SSSR count). The maximum Gasteiger partial charge on any atom is 2.00 e. The molecule has 162 valence electrons. The van der Waals surface area contributed by atoms with Gasteiger partial charge in [0.25, 0.3) is 0 Å². The van der Waals surface area contributed by atoms with Crippen LogP contribution in [0.5, 0.6) is 0 Å². The van der Waals surface area contributed by atoms with E-state index in [1.165, 1.54) is 25.7 Å². The number of carbonyl (C=O) groups is 2. The first kappa shape index (κ1) is 37.5. The Bertz CT molecular complexity index is 318. The Balaban J connectivity index is -0.000000108. The minimum absolute atomic E-state index is 0. The van der Waals surface area contributed by atoms with Crippen LogP contribution in [0.4, 0.5) is 0 Å². The average Bonchev–Trinajstić information content (AvgIpc) is 2.48. The maximum atomic E-state index is 10.6. The third kappa shape index (κ3) is 21.9. The van der Waals surface area contributed by atoms with Crippen molar-refractivity contribution in [3.05, 3.63) is 0 Å². The molecule has 0 aliphatic carbocycles. The predicted molar refractivity (Wildman–Crippen MR) is 114 cm³/mol. The van der Waals surface area contributed by atoms with Crippen molar-refractivity contribution in [2.45, 2.75) is 121 Å². The van der Waals surface area contributed by atoms with E-state index in [9.17, 15) is 19.8 Å². The van der Waals surface area contributed by atoms with Crippen molar-refractivity contribution in [2.75, 3.05) is 0 Å². The summed E-state index contributed by atoms with van der Waals surface area (Å²) < 4.78 is 0. The SMILES string of the molecule is C.C.CCCCCCC(C)(C)C(=O)[O-].CCCCCCC(C)(C)C(=O)[O-].[Sn+2]. The second kappa shape index (κ2) is 20.5. The molecule has 0 aliphatic rings. The first-order valence-corrected chi connectivity index (χ1v) is 9.44. The third-order valence-electron chi connectivity index (χ3n) is 4.42. The van der Waals surface area contributed by atoms with Gasteiger partial charge in [-0.15, -0.1) is 0 Å². The molecule has 0 saturated heterocycles. The summed E-state index contributed by atoms with van der Waals surface area (Å²) in [6.45, 7) is 11.2. The van der Waals surface area contributed by atoms with Crippen LogP contribution in [0, 0.1) is 10.8 Å². The van der Waals surface area contributed by atoms with E-state index in [0.717, 1.165) is 38.5 Å². The van der Waals surface area contributed by atoms with Gasteiger partial charge in [-0.3, -0.25) is 0 Å². The molecule has 0 atom stereocenters. The number of hydrogen-bond donors (Lipinski definition) is 0. The van der Waals surface area contributed by atoms with Crippen molar-refractivity contribution in [1.82, 2.24) is 0 Å². The minimum atomic E-state index is -0.931. The normalized spacial score (nSPS) is 10.3. The van der Waals surface area contributed by atoms with Crippen molar-refractivity contribution in [2.24, 2.45) is 10.8 Å². The van der Waals surface area contributed by atoms with E-state index in [0.29, 0.717) is 0 Å². The summed E-state index contributed by atoms with van der Waals surface area (Å²) in [5, 5.41) is 21.1. The summed E-state index contributed by atoms with van der Waals surface area (Å²) in [4.78, 5) is 21.1. The first-order chi connectivity index (χ1) is 11.0. The molecule has 4 nitrogen and oxygen atoms in total. The molecule has 2 radical (unpaired) electrons. The Labute approximate surface area is 186 Å². The molecule has 0 amide bonds. The fourth-order valence-electron chi connectivity index (χ4n) is 2.19. The van der Waals surface area contributed by atoms with E-state index in [1.54, 1.807) is 27.7 Å². The fourth-order valence-corrected chi connectivity index (χ4v) is 2.19. The molecule has 0 unspecified atom stereocenters. The van der Waals surface area contributed by atoms with E-state index < -0.39 is 22.8 Å². The molecule has 0 fully saturated rings. The topological polar surface area (TPSA) is 80.3 Å². The van der Waals surface area contributed by atoms with Gasteiger partial charge in [-0.05, 0) is 12.8 Å². The van der Waals surface area contributed by atoms with Crippen molar-refractivity contribution in [3.8, 4) is 0 Å². The van der Waals surface area contributed by atoms with E-state index in [4.69, 9.17) is 0 Å². The Morgan fingerprint density at radius 3 is 1.07 bits per heavy atom. The molecule has 0 saturated carbocycles. The van der Waals surface area contributed by atoms with Gasteiger partial charge in [-0.2, -0.15) is 0 Å². The number of hydrogen-bond acceptors (Lipinski definition) is 4. The van der Waals surface area contributed by atoms with E-state index in [1.807, 2.05) is 0 Å². The Morgan fingerprint density at radius 2 is 0.889 bits per heavy atom. The van der Waals surface area contributed by atoms with Gasteiger partial charge in [0.15, 0.2) is 0 Å². The van der Waals surface area contributed by atoms with Gasteiger partial charge in [0.2, 0.25) is 0 Å². The molecular formula is C22H46O4Sn. The van der Waals surface area contributed by atoms with Crippen LogP contribution in [0.2, 0.25) is 0 Å². The van der Waals surface area contributed by atoms with Crippen LogP contribution >= 0.6 is 0 Å². The van der Waals surface area contributed by atoms with Crippen LogP contribution < -0.4 is 10.2 Å². The van der Waals surface area contributed by atoms with Crippen molar-refractivity contribution >= 4 is 35.8 Å². The summed E-state index contributed by atoms with van der Waals surface area (Å²) in [6.07, 6.45) is 10.5. The first-order valence-electron chi connectivity index (χ1n) is 9.44. The molecule has 0 aromatic rings. The molecule has 0 aromatic carbocycles. The molecule has 0 heterocycles. The Kier molecular flexibility index (Phi) is 28.4. The molecule has 0 bridgehead atoms. The monoisotopic (exact) mass is 494 g/mol. The molecule has 5 heteroatoms. The number of carboxylic acid groups (broad SMARTS) is 2. The van der Waals surface area contributed by atoms with Gasteiger partial charge in [0.05, 0.1) is 0 Å². The van der Waals surface area contributed by atoms with Gasteiger partial charge in [-0.1, -0.05) is 108 Å². The zero-order valence-electron chi connectivity index (χ0n) is 17.2. The van der Waals surface area contributed by atoms with Crippen molar-refractivity contribution in [3.63, 3.8) is 0 Å². The number of carbonyl (C=O) groups excluding carboxylic acids is 2. The number of aliphatic carboxylic acids is 2. The number of carboxylic acids is 2. The van der Waals surface area contributed by atoms with Gasteiger partial charge in [0, 0.05) is 22.8 Å². The second-order valence-corrected chi connectivity index (χ2v) is 7.96. The maximum absolute atomic E-state index is 10.6. The minimum Gasteiger partial charge on any atom is -0.550 e. The van der Waals surface area contributed by atoms with Crippen molar-refractivity contribution in [1.29, 1.82) is 0 Å². The van der Waals surface area contributed by atoms with E-state index >= 15 is 0 Å². The molecule has 27 heavy (non-hydrogen) atoms. The van der Waals surface area contributed by atoms with E-state index in [2.05, 4.69) is 13.8 Å². The fraction of sp³-hybridized carbons (Fsp3) is 0.909. The summed E-state index contributed by atoms with van der Waals surface area (Å²) in [5.74, 6) is -1.86. The zero-order valence-corrected chi connectivity index (χ0v) is 20.1. The average molecular weight is 493 g/mol. The Morgan fingerprint density at radius 1 is 0.630 bits per heavy atom. The molecule has 0 aromatic heterocycles. The molecule has 0 aliphatic heterocycles. The van der Waals surface area contributed by atoms with Crippen LogP contribution in [-0.2, 0) is 9.59 Å². The summed E-state index contributed by atoms with van der Waals surface area (Å²) >= 11 is 0. The quantitative estimate of drug-likeness (QED) is 0.299. The number of unbranched alkanes of at least 4 members (excludes halogenated alkanes) is 6. The summed E-state index contributed by atoms with van der Waals surface area (Å²) in [6, 6.07) is 0. The second-order valence-electron chi connectivity index (χ2n) is 7.96. The summed E-state index contributed by atoms with van der Waals surface area (Å²) in [7, 11) is 0. The largest absolute Gasteiger partial charge is 2.00 e.